The molecular formula is C10H5ClN2O2S. The van der Waals surface area contributed by atoms with Crippen LogP contribution < -0.4 is 5.32 Å². The van der Waals surface area contributed by atoms with Crippen LogP contribution in [-0.2, 0) is 0 Å². The molecule has 0 unspecified atom stereocenters. The summed E-state index contributed by atoms with van der Waals surface area (Å²) in [4.78, 5) is 11.7. The van der Waals surface area contributed by atoms with Gasteiger partial charge in [0.25, 0.3) is 5.91 Å². The summed E-state index contributed by atoms with van der Waals surface area (Å²) in [7, 11) is 0. The van der Waals surface area contributed by atoms with Gasteiger partial charge in [-0.1, -0.05) is 0 Å². The summed E-state index contributed by atoms with van der Waals surface area (Å²) < 4.78 is 4.80. The fourth-order valence-corrected chi connectivity index (χ4v) is 2.05. The number of nitrogens with one attached hydrogen (secondary N) is 1. The molecule has 2 rings (SSSR count). The van der Waals surface area contributed by atoms with Gasteiger partial charge < -0.3 is 9.73 Å². The van der Waals surface area contributed by atoms with Crippen LogP contribution >= 0.6 is 22.9 Å². The van der Waals surface area contributed by atoms with E-state index in [4.69, 9.17) is 21.3 Å². The molecule has 6 heteroatoms. The number of furan rings is 1. The highest BCUT2D eigenvalue weighted by Crippen LogP contribution is 2.24. The number of amides is 1. The molecule has 0 atom stereocenters. The topological polar surface area (TPSA) is 66.0 Å². The van der Waals surface area contributed by atoms with Crippen LogP contribution in [0.5, 0.6) is 0 Å². The fourth-order valence-electron chi connectivity index (χ4n) is 1.12. The normalized spacial score (nSPS) is 9.75. The maximum absolute atomic E-state index is 11.7. The highest BCUT2D eigenvalue weighted by atomic mass is 35.5. The van der Waals surface area contributed by atoms with Gasteiger partial charge in [0.2, 0.25) is 5.22 Å². The summed E-state index contributed by atoms with van der Waals surface area (Å²) >= 11 is 6.94. The number of hydrogen-bond acceptors (Lipinski definition) is 4. The number of thiophene rings is 1. The summed E-state index contributed by atoms with van der Waals surface area (Å²) in [6, 6.07) is 5.09. The molecule has 0 aromatic carbocycles. The molecule has 80 valence electrons. The minimum absolute atomic E-state index is 0.0348. The first kappa shape index (κ1) is 10.7. The average Bonchev–Trinajstić information content (AvgIpc) is 2.86. The molecule has 0 spiro atoms. The van der Waals surface area contributed by atoms with E-state index in [2.05, 4.69) is 5.32 Å². The molecule has 0 radical (unpaired) electrons. The smallest absolute Gasteiger partial charge is 0.261 e. The Labute approximate surface area is 100 Å². The van der Waals surface area contributed by atoms with Crippen molar-refractivity contribution in [3.05, 3.63) is 40.1 Å². The van der Waals surface area contributed by atoms with Crippen molar-refractivity contribution in [3.63, 3.8) is 0 Å². The summed E-state index contributed by atoms with van der Waals surface area (Å²) in [5, 5.41) is 13.6. The van der Waals surface area contributed by atoms with E-state index in [0.717, 1.165) is 0 Å². The number of carbonyl (C=O) groups excluding carboxylic acids is 1. The maximum Gasteiger partial charge on any atom is 0.261 e. The quantitative estimate of drug-likeness (QED) is 0.893. The Morgan fingerprint density at radius 3 is 3.00 bits per heavy atom. The molecule has 2 aromatic rings. The van der Waals surface area contributed by atoms with E-state index in [0.29, 0.717) is 10.6 Å². The molecule has 0 saturated heterocycles. The number of nitriles is 1. The molecule has 0 fully saturated rings. The molecule has 16 heavy (non-hydrogen) atoms. The first-order valence-corrected chi connectivity index (χ1v) is 5.50. The van der Waals surface area contributed by atoms with Gasteiger partial charge in [-0.2, -0.15) is 5.26 Å². The van der Waals surface area contributed by atoms with Crippen LogP contribution in [0.3, 0.4) is 0 Å². The summed E-state index contributed by atoms with van der Waals surface area (Å²) in [5.74, 6) is -0.391. The van der Waals surface area contributed by atoms with E-state index < -0.39 is 5.91 Å². The molecule has 0 bridgehead atoms. The van der Waals surface area contributed by atoms with Crippen LogP contribution in [0.4, 0.5) is 5.00 Å². The van der Waals surface area contributed by atoms with Crippen LogP contribution in [0.15, 0.2) is 28.2 Å². The van der Waals surface area contributed by atoms with E-state index in [1.54, 1.807) is 11.4 Å². The van der Waals surface area contributed by atoms with Gasteiger partial charge in [-0.3, -0.25) is 4.79 Å². The summed E-state index contributed by atoms with van der Waals surface area (Å²) in [5.41, 5.74) is 0.678. The van der Waals surface area contributed by atoms with E-state index in [1.807, 2.05) is 6.07 Å². The van der Waals surface area contributed by atoms with Crippen LogP contribution in [0, 0.1) is 11.3 Å². The number of carbonyl (C=O) groups is 1. The van der Waals surface area contributed by atoms with E-state index in [9.17, 15) is 4.79 Å². The van der Waals surface area contributed by atoms with E-state index in [-0.39, 0.29) is 10.8 Å². The highest BCUT2D eigenvalue weighted by Gasteiger charge is 2.15. The van der Waals surface area contributed by atoms with Crippen molar-refractivity contribution in [1.29, 1.82) is 5.26 Å². The first-order valence-electron chi connectivity index (χ1n) is 4.24. The number of nitrogens with zero attached hydrogens (tertiary/aromatic N) is 1. The SMILES string of the molecule is N#Cc1ccsc1NC(=O)c1ccoc1Cl. The van der Waals surface area contributed by atoms with Gasteiger partial charge in [0.1, 0.15) is 11.1 Å². The standard InChI is InChI=1S/C10H5ClN2O2S/c11-8-7(1-3-15-8)9(14)13-10-6(5-12)2-4-16-10/h1-4H,(H,13,14). The Morgan fingerprint density at radius 2 is 2.38 bits per heavy atom. The predicted molar refractivity (Wildman–Crippen MR) is 60.7 cm³/mol. The summed E-state index contributed by atoms with van der Waals surface area (Å²) in [6.07, 6.45) is 1.33. The Bertz CT molecular complexity index is 567. The van der Waals surface area contributed by atoms with Crippen molar-refractivity contribution in [3.8, 4) is 6.07 Å². The zero-order valence-electron chi connectivity index (χ0n) is 7.86. The van der Waals surface area contributed by atoms with Gasteiger partial charge >= 0.3 is 0 Å². The van der Waals surface area contributed by atoms with Crippen LogP contribution in [0.1, 0.15) is 15.9 Å². The van der Waals surface area contributed by atoms with Crippen molar-refractivity contribution >= 4 is 33.8 Å². The van der Waals surface area contributed by atoms with Gasteiger partial charge in [-0.25, -0.2) is 0 Å². The molecule has 2 heterocycles. The number of halogens is 1. The largest absolute Gasteiger partial charge is 0.452 e. The second-order valence-corrected chi connectivity index (χ2v) is 4.10. The minimum atomic E-state index is -0.391. The molecule has 1 amide bonds. The Balaban J connectivity index is 2.21. The van der Waals surface area contributed by atoms with Crippen LogP contribution in [0.25, 0.3) is 0 Å². The third kappa shape index (κ3) is 1.94. The lowest BCUT2D eigenvalue weighted by Gasteiger charge is -2.00. The molecule has 4 nitrogen and oxygen atoms in total. The highest BCUT2D eigenvalue weighted by molar-refractivity contribution is 7.14. The van der Waals surface area contributed by atoms with Gasteiger partial charge in [0, 0.05) is 0 Å². The van der Waals surface area contributed by atoms with Crippen LogP contribution in [-0.4, -0.2) is 5.91 Å². The van der Waals surface area contributed by atoms with Crippen LogP contribution in [0.2, 0.25) is 5.22 Å². The van der Waals surface area contributed by atoms with Crippen molar-refractivity contribution in [2.24, 2.45) is 0 Å². The monoisotopic (exact) mass is 252 g/mol. The zero-order valence-corrected chi connectivity index (χ0v) is 9.43. The summed E-state index contributed by atoms with van der Waals surface area (Å²) in [6.45, 7) is 0. The molecular weight excluding hydrogens is 248 g/mol. The van der Waals surface area contributed by atoms with Gasteiger partial charge in [0.05, 0.1) is 17.4 Å². The lowest BCUT2D eigenvalue weighted by Crippen LogP contribution is -2.11. The molecule has 2 aromatic heterocycles. The molecule has 0 saturated carbocycles. The third-order valence-corrected chi connectivity index (χ3v) is 3.00. The second kappa shape index (κ2) is 4.39. The number of hydrogen-bond donors (Lipinski definition) is 1. The van der Waals surface area contributed by atoms with E-state index >= 15 is 0 Å². The lowest BCUT2D eigenvalue weighted by atomic mass is 10.3. The second-order valence-electron chi connectivity index (χ2n) is 2.84. The van der Waals surface area contributed by atoms with Gasteiger partial charge in [0.15, 0.2) is 0 Å². The van der Waals surface area contributed by atoms with Crippen molar-refractivity contribution in [1.82, 2.24) is 0 Å². The van der Waals surface area contributed by atoms with Crippen molar-refractivity contribution < 1.29 is 9.21 Å². The number of anilines is 1. The zero-order chi connectivity index (χ0) is 11.5. The fraction of sp³-hybridized carbons (Fsp3) is 0. The Morgan fingerprint density at radius 1 is 1.56 bits per heavy atom. The minimum Gasteiger partial charge on any atom is -0.452 e. The van der Waals surface area contributed by atoms with Crippen molar-refractivity contribution in [2.45, 2.75) is 0 Å². The lowest BCUT2D eigenvalue weighted by molar-refractivity contribution is 0.102. The number of rotatable bonds is 2. The molecule has 0 aliphatic rings. The molecule has 1 N–H and O–H groups in total. The van der Waals surface area contributed by atoms with Gasteiger partial charge in [-0.05, 0) is 29.1 Å². The third-order valence-electron chi connectivity index (χ3n) is 1.88. The van der Waals surface area contributed by atoms with Gasteiger partial charge in [-0.15, -0.1) is 11.3 Å². The average molecular weight is 253 g/mol. The van der Waals surface area contributed by atoms with Crippen molar-refractivity contribution in [2.75, 3.05) is 5.32 Å². The predicted octanol–water partition coefficient (Wildman–Crippen LogP) is 3.12. The Hall–Kier alpha value is -1.77. The van der Waals surface area contributed by atoms with E-state index in [1.165, 1.54) is 23.7 Å². The molecule has 0 aliphatic carbocycles. The molecule has 0 aliphatic heterocycles. The maximum atomic E-state index is 11.7. The first-order chi connectivity index (χ1) is 7.72. The Kier molecular flexibility index (Phi) is 2.95.